The van der Waals surface area contributed by atoms with Gasteiger partial charge in [-0.3, -0.25) is 0 Å². The minimum Gasteiger partial charge on any atom is -0.496 e. The lowest BCUT2D eigenvalue weighted by molar-refractivity contribution is 0.415. The molecule has 0 aliphatic carbocycles. The van der Waals surface area contributed by atoms with Crippen molar-refractivity contribution in [3.63, 3.8) is 0 Å². The molecule has 1 heterocycles. The minimum absolute atomic E-state index is 0.129. The number of fused-ring (bicyclic) bond motifs is 1. The molecule has 0 atom stereocenters. The summed E-state index contributed by atoms with van der Waals surface area (Å²) in [5.74, 6) is 0.477. The van der Waals surface area contributed by atoms with Gasteiger partial charge in [-0.05, 0) is 29.2 Å². The molecular weight excluding hydrogens is 283 g/mol. The lowest BCUT2D eigenvalue weighted by Crippen LogP contribution is -2.29. The van der Waals surface area contributed by atoms with Crippen LogP contribution in [0.5, 0.6) is 11.6 Å². The van der Waals surface area contributed by atoms with Gasteiger partial charge in [0.1, 0.15) is 5.75 Å². The molecule has 22 heavy (non-hydrogen) atoms. The number of nitrogens with zero attached hydrogens (tertiary/aromatic N) is 2. The van der Waals surface area contributed by atoms with Crippen LogP contribution < -0.4 is 10.2 Å². The van der Waals surface area contributed by atoms with Gasteiger partial charge in [0, 0.05) is 16.3 Å². The highest BCUT2D eigenvalue weighted by atomic mass is 16.5. The average Bonchev–Trinajstić information content (AvgIpc) is 2.54. The zero-order valence-electron chi connectivity index (χ0n) is 11.8. The van der Waals surface area contributed by atoms with E-state index < -0.39 is 7.12 Å². The normalized spacial score (nSPS) is 10.7. The fourth-order valence-electron chi connectivity index (χ4n) is 2.35. The van der Waals surface area contributed by atoms with Crippen LogP contribution in [0, 0.1) is 0 Å². The van der Waals surface area contributed by atoms with E-state index in [1.807, 2.05) is 6.07 Å². The molecule has 0 radical (unpaired) electrons. The lowest BCUT2D eigenvalue weighted by atomic mass is 9.79. The molecule has 0 aliphatic heterocycles. The number of benzene rings is 2. The van der Waals surface area contributed by atoms with Crippen molar-refractivity contribution in [1.82, 2.24) is 10.2 Å². The van der Waals surface area contributed by atoms with Gasteiger partial charge < -0.3 is 19.9 Å². The molecule has 0 saturated carbocycles. The molecule has 0 fully saturated rings. The molecule has 0 unspecified atom stereocenters. The Labute approximate surface area is 126 Å². The van der Waals surface area contributed by atoms with Gasteiger partial charge in [-0.1, -0.05) is 18.2 Å². The molecule has 3 N–H and O–H groups in total. The number of aromatic nitrogens is 2. The smallest absolute Gasteiger partial charge is 0.488 e. The van der Waals surface area contributed by atoms with Crippen LogP contribution in [0.15, 0.2) is 42.6 Å². The highest BCUT2D eigenvalue weighted by molar-refractivity contribution is 6.58. The van der Waals surface area contributed by atoms with Crippen LogP contribution in [0.3, 0.4) is 0 Å². The van der Waals surface area contributed by atoms with Crippen LogP contribution in [-0.4, -0.2) is 39.6 Å². The second kappa shape index (κ2) is 5.63. The predicted molar refractivity (Wildman–Crippen MR) is 83.0 cm³/mol. The molecule has 0 saturated heterocycles. The number of aromatic hydroxyl groups is 1. The third-order valence-corrected chi connectivity index (χ3v) is 3.47. The minimum atomic E-state index is -1.56. The summed E-state index contributed by atoms with van der Waals surface area (Å²) in [6, 6.07) is 10.3. The summed E-state index contributed by atoms with van der Waals surface area (Å²) >= 11 is 0. The van der Waals surface area contributed by atoms with Crippen molar-refractivity contribution in [3.05, 3.63) is 42.6 Å². The van der Waals surface area contributed by atoms with Gasteiger partial charge in [-0.25, -0.2) is 0 Å². The van der Waals surface area contributed by atoms with E-state index in [1.165, 1.54) is 0 Å². The first kappa shape index (κ1) is 14.3. The Kier molecular flexibility index (Phi) is 3.66. The van der Waals surface area contributed by atoms with Crippen LogP contribution in [0.2, 0.25) is 0 Å². The first-order valence-electron chi connectivity index (χ1n) is 6.59. The Morgan fingerprint density at radius 2 is 1.91 bits per heavy atom. The van der Waals surface area contributed by atoms with Gasteiger partial charge in [0.25, 0.3) is 0 Å². The van der Waals surface area contributed by atoms with Crippen molar-refractivity contribution in [2.75, 3.05) is 7.11 Å². The summed E-state index contributed by atoms with van der Waals surface area (Å²) < 4.78 is 5.33. The Hall–Kier alpha value is -2.64. The van der Waals surface area contributed by atoms with E-state index in [-0.39, 0.29) is 5.88 Å². The summed E-state index contributed by atoms with van der Waals surface area (Å²) in [5, 5.41) is 37.0. The van der Waals surface area contributed by atoms with Gasteiger partial charge in [0.05, 0.1) is 13.3 Å². The first-order chi connectivity index (χ1) is 10.6. The Morgan fingerprint density at radius 3 is 2.64 bits per heavy atom. The van der Waals surface area contributed by atoms with E-state index in [4.69, 9.17) is 4.74 Å². The van der Waals surface area contributed by atoms with E-state index in [1.54, 1.807) is 43.6 Å². The summed E-state index contributed by atoms with van der Waals surface area (Å²) in [6.07, 6.45) is 1.55. The van der Waals surface area contributed by atoms with Crippen LogP contribution in [0.25, 0.3) is 21.9 Å². The van der Waals surface area contributed by atoms with Gasteiger partial charge >= 0.3 is 7.12 Å². The van der Waals surface area contributed by atoms with E-state index in [9.17, 15) is 15.2 Å². The molecule has 6 nitrogen and oxygen atoms in total. The van der Waals surface area contributed by atoms with Gasteiger partial charge in [0.15, 0.2) is 0 Å². The van der Waals surface area contributed by atoms with E-state index in [2.05, 4.69) is 10.2 Å². The lowest BCUT2D eigenvalue weighted by Gasteiger charge is -2.11. The predicted octanol–water partition coefficient (Wildman–Crippen LogP) is 0.691. The molecule has 0 bridgehead atoms. The topological polar surface area (TPSA) is 95.7 Å². The maximum Gasteiger partial charge on any atom is 0.488 e. The number of rotatable bonds is 3. The summed E-state index contributed by atoms with van der Waals surface area (Å²) in [5.41, 5.74) is 1.89. The van der Waals surface area contributed by atoms with E-state index >= 15 is 0 Å². The SMILES string of the molecule is COc1ccc(B(O)O)cc1-c1ccc2c(O)nncc2c1. The summed E-state index contributed by atoms with van der Waals surface area (Å²) in [7, 11) is -0.00768. The fraction of sp³-hybridized carbons (Fsp3) is 0.0667. The maximum absolute atomic E-state index is 9.69. The number of methoxy groups -OCH3 is 1. The van der Waals surface area contributed by atoms with Crippen LogP contribution in [0.4, 0.5) is 0 Å². The van der Waals surface area contributed by atoms with Crippen molar-refractivity contribution in [1.29, 1.82) is 0 Å². The second-order valence-corrected chi connectivity index (χ2v) is 4.80. The summed E-state index contributed by atoms with van der Waals surface area (Å²) in [4.78, 5) is 0. The zero-order chi connectivity index (χ0) is 15.7. The standard InChI is InChI=1S/C15H13BN2O4/c1-22-14-5-3-11(16(20)21)7-13(14)9-2-4-12-10(6-9)8-17-18-15(12)19/h2-8,20-21H,1H3,(H,18,19). The number of hydrogen-bond donors (Lipinski definition) is 3. The van der Waals surface area contributed by atoms with Crippen molar-refractivity contribution < 1.29 is 19.9 Å². The van der Waals surface area contributed by atoms with Gasteiger partial charge in [0.2, 0.25) is 5.88 Å². The molecule has 3 aromatic rings. The highest BCUT2D eigenvalue weighted by Gasteiger charge is 2.15. The van der Waals surface area contributed by atoms with E-state index in [0.29, 0.717) is 22.2 Å². The van der Waals surface area contributed by atoms with Crippen molar-refractivity contribution in [2.24, 2.45) is 0 Å². The molecule has 0 spiro atoms. The molecular formula is C15H13BN2O4. The van der Waals surface area contributed by atoms with Gasteiger partial charge in [-0.2, -0.15) is 5.10 Å². The molecule has 0 amide bonds. The molecule has 7 heteroatoms. The van der Waals surface area contributed by atoms with Crippen LogP contribution in [0.1, 0.15) is 0 Å². The van der Waals surface area contributed by atoms with Crippen LogP contribution >= 0.6 is 0 Å². The Bertz CT molecular complexity index is 839. The fourth-order valence-corrected chi connectivity index (χ4v) is 2.35. The second-order valence-electron chi connectivity index (χ2n) is 4.80. The molecule has 0 aliphatic rings. The molecule has 110 valence electrons. The molecule has 2 aromatic carbocycles. The monoisotopic (exact) mass is 296 g/mol. The third-order valence-electron chi connectivity index (χ3n) is 3.47. The largest absolute Gasteiger partial charge is 0.496 e. The average molecular weight is 296 g/mol. The Morgan fingerprint density at radius 1 is 1.09 bits per heavy atom. The third kappa shape index (κ3) is 2.47. The Balaban J connectivity index is 2.19. The van der Waals surface area contributed by atoms with Gasteiger partial charge in [-0.15, -0.1) is 5.10 Å². The molecule has 1 aromatic heterocycles. The van der Waals surface area contributed by atoms with Crippen molar-refractivity contribution in [2.45, 2.75) is 0 Å². The van der Waals surface area contributed by atoms with Crippen molar-refractivity contribution >= 4 is 23.4 Å². The number of hydrogen-bond acceptors (Lipinski definition) is 6. The molecule has 3 rings (SSSR count). The number of ether oxygens (including phenoxy) is 1. The maximum atomic E-state index is 9.69. The quantitative estimate of drug-likeness (QED) is 0.615. The van der Waals surface area contributed by atoms with E-state index in [0.717, 1.165) is 10.9 Å². The first-order valence-corrected chi connectivity index (χ1v) is 6.59. The highest BCUT2D eigenvalue weighted by Crippen LogP contribution is 2.32. The zero-order valence-corrected chi connectivity index (χ0v) is 11.8. The van der Waals surface area contributed by atoms with Crippen LogP contribution in [-0.2, 0) is 0 Å². The summed E-state index contributed by atoms with van der Waals surface area (Å²) in [6.45, 7) is 0. The van der Waals surface area contributed by atoms with Crippen molar-refractivity contribution in [3.8, 4) is 22.8 Å².